The predicted molar refractivity (Wildman–Crippen MR) is 110 cm³/mol. The van der Waals surface area contributed by atoms with Crippen LogP contribution in [0.25, 0.3) is 0 Å². The quantitative estimate of drug-likeness (QED) is 0.281. The summed E-state index contributed by atoms with van der Waals surface area (Å²) in [6.07, 6.45) is -5.08. The highest BCUT2D eigenvalue weighted by Crippen LogP contribution is 2.24. The van der Waals surface area contributed by atoms with E-state index in [1.54, 1.807) is 0 Å². The molecule has 10 heteroatoms. The van der Waals surface area contributed by atoms with E-state index in [1.165, 1.54) is 0 Å². The maximum absolute atomic E-state index is 12.9. The van der Waals surface area contributed by atoms with Crippen LogP contribution in [0.2, 0.25) is 0 Å². The van der Waals surface area contributed by atoms with Gasteiger partial charge in [0.25, 0.3) is 0 Å². The number of unbranched alkanes of at least 4 members (excludes halogenated alkanes) is 5. The van der Waals surface area contributed by atoms with E-state index in [4.69, 9.17) is 24.8 Å². The number of carboxylic acids is 1. The third-order valence-corrected chi connectivity index (χ3v) is 4.86. The summed E-state index contributed by atoms with van der Waals surface area (Å²) < 4.78 is 46.7. The molecule has 1 heterocycles. The first kappa shape index (κ1) is 20.1. The fourth-order valence-corrected chi connectivity index (χ4v) is 3.05. The Morgan fingerprint density at radius 2 is 1.53 bits per heavy atom. The second-order valence-electron chi connectivity index (χ2n) is 7.29. The minimum absolute atomic E-state index is 0.0585. The van der Waals surface area contributed by atoms with Gasteiger partial charge in [0, 0.05) is 0 Å². The summed E-state index contributed by atoms with van der Waals surface area (Å²) in [6, 6.07) is -3.46. The Kier molecular flexibility index (Phi) is 7.85. The van der Waals surface area contributed by atoms with Crippen molar-refractivity contribution < 1.29 is 54.5 Å². The Bertz CT molecular complexity index is 973. The molecule has 5 atom stereocenters. The summed E-state index contributed by atoms with van der Waals surface area (Å²) in [5, 5.41) is 38.9. The van der Waals surface area contributed by atoms with Crippen LogP contribution >= 0.6 is 0 Å². The predicted octanol–water partition coefficient (Wildman–Crippen LogP) is 1.25. The van der Waals surface area contributed by atoms with E-state index in [-0.39, 0.29) is 6.61 Å². The van der Waals surface area contributed by atoms with Gasteiger partial charge in [-0.25, -0.2) is 14.4 Å². The average Bonchev–Trinajstić information content (AvgIpc) is 2.83. The summed E-state index contributed by atoms with van der Waals surface area (Å²) in [7, 11) is 0. The van der Waals surface area contributed by atoms with Crippen molar-refractivity contribution in [2.75, 3.05) is 6.61 Å². The van der Waals surface area contributed by atoms with Crippen molar-refractivity contribution in [3.8, 4) is 0 Å². The largest absolute Gasteiger partial charge is 0.479 e. The minimum Gasteiger partial charge on any atom is -0.479 e. The first-order valence-corrected chi connectivity index (χ1v) is 10.3. The molecule has 1 aliphatic rings. The zero-order chi connectivity index (χ0) is 27.2. The highest BCUT2D eigenvalue weighted by molar-refractivity contribution is 6.03. The lowest BCUT2D eigenvalue weighted by molar-refractivity contribution is -0.278. The summed E-state index contributed by atoms with van der Waals surface area (Å²) in [5.74, 6) is -4.49. The number of rotatable bonds is 11. The third-order valence-electron chi connectivity index (χ3n) is 4.86. The molecule has 4 N–H and O–H groups in total. The molecule has 0 bridgehead atoms. The zero-order valence-corrected chi connectivity index (χ0v) is 17.6. The van der Waals surface area contributed by atoms with Crippen LogP contribution in [0.15, 0.2) is 24.2 Å². The smallest absolute Gasteiger partial charge is 0.341 e. The molecule has 0 aromatic heterocycles. The van der Waals surface area contributed by atoms with Crippen LogP contribution in [0.3, 0.4) is 0 Å². The lowest BCUT2D eigenvalue weighted by Crippen LogP contribution is -2.60. The fraction of sp³-hybridized carbons (Fsp3) is 0.591. The van der Waals surface area contributed by atoms with Crippen LogP contribution in [0.4, 0.5) is 0 Å². The Hall–Kier alpha value is -2.53. The molecule has 0 aliphatic carbocycles. The van der Waals surface area contributed by atoms with Crippen LogP contribution < -0.4 is 0 Å². The van der Waals surface area contributed by atoms with Gasteiger partial charge in [-0.05, 0) is 18.5 Å². The van der Waals surface area contributed by atoms with E-state index in [0.717, 1.165) is 32.1 Å². The maximum Gasteiger partial charge on any atom is 0.341 e. The number of hydrogen-bond donors (Lipinski definition) is 4. The normalized spacial score (nSPS) is 26.9. The van der Waals surface area contributed by atoms with Crippen molar-refractivity contribution in [3.63, 3.8) is 0 Å². The number of aliphatic carboxylic acids is 1. The molecule has 0 spiro atoms. The van der Waals surface area contributed by atoms with Crippen molar-refractivity contribution in [1.29, 1.82) is 0 Å². The van der Waals surface area contributed by atoms with Gasteiger partial charge in [-0.3, -0.25) is 0 Å². The standard InChI is InChI=1S/C22H30O10/c1-2-3-4-5-6-9-12-30-20(28)13-10-7-8-11-14(13)21(29)32-22-17(25)15(23)16(24)18(31-22)19(26)27/h7-8,10-11,15-18,22-25H,2-6,9,12H2,1H3,(H,26,27)/t15-,16-,17+,18-,22-/m0/s1/i7D,8D,10D,11D. The molecule has 0 unspecified atom stereocenters. The second kappa shape index (κ2) is 12.5. The molecule has 0 saturated carbocycles. The van der Waals surface area contributed by atoms with Gasteiger partial charge in [-0.15, -0.1) is 0 Å². The van der Waals surface area contributed by atoms with Crippen molar-refractivity contribution in [2.45, 2.75) is 76.2 Å². The molecule has 10 nitrogen and oxygen atoms in total. The molecule has 32 heavy (non-hydrogen) atoms. The number of hydrogen-bond acceptors (Lipinski definition) is 9. The van der Waals surface area contributed by atoms with E-state index in [0.29, 0.717) is 6.42 Å². The lowest BCUT2D eigenvalue weighted by atomic mass is 9.99. The van der Waals surface area contributed by atoms with Gasteiger partial charge >= 0.3 is 17.9 Å². The van der Waals surface area contributed by atoms with Gasteiger partial charge < -0.3 is 34.6 Å². The first-order valence-electron chi connectivity index (χ1n) is 12.3. The van der Waals surface area contributed by atoms with E-state index < -0.39 is 83.9 Å². The molecule has 1 aromatic rings. The van der Waals surface area contributed by atoms with Gasteiger partial charge in [-0.2, -0.15) is 0 Å². The zero-order valence-electron chi connectivity index (χ0n) is 21.6. The number of carbonyl (C=O) groups excluding carboxylic acids is 2. The lowest BCUT2D eigenvalue weighted by Gasteiger charge is -2.37. The van der Waals surface area contributed by atoms with Crippen LogP contribution in [0, 0.1) is 0 Å². The van der Waals surface area contributed by atoms with Crippen LogP contribution in [-0.2, 0) is 19.0 Å². The Labute approximate surface area is 191 Å². The molecular formula is C22H30O10. The van der Waals surface area contributed by atoms with Gasteiger partial charge in [0.05, 0.1) is 23.2 Å². The van der Waals surface area contributed by atoms with E-state index in [1.807, 2.05) is 0 Å². The Balaban J connectivity index is 2.27. The van der Waals surface area contributed by atoms with Gasteiger partial charge in [0.1, 0.15) is 18.3 Å². The average molecular weight is 458 g/mol. The van der Waals surface area contributed by atoms with Crippen molar-refractivity contribution in [3.05, 3.63) is 35.3 Å². The summed E-state index contributed by atoms with van der Waals surface area (Å²) in [4.78, 5) is 36.9. The molecular weight excluding hydrogens is 424 g/mol. The topological polar surface area (TPSA) is 160 Å². The number of carboxylic acid groups (broad SMARTS) is 1. The summed E-state index contributed by atoms with van der Waals surface area (Å²) >= 11 is 0. The monoisotopic (exact) mass is 458 g/mol. The molecule has 0 radical (unpaired) electrons. The summed E-state index contributed by atoms with van der Waals surface area (Å²) in [6.45, 7) is 2.01. The SMILES string of the molecule is [2H]c1c([2H])c([2H])c(C(=O)O[C@@H]2O[C@H](C(=O)O)[C@@H](O)[C@H](O)[C@H]2O)c(C(=O)OCCCCCCCC)c1[2H]. The van der Waals surface area contributed by atoms with Crippen LogP contribution in [0.5, 0.6) is 0 Å². The summed E-state index contributed by atoms with van der Waals surface area (Å²) in [5.41, 5.74) is -1.73. The molecule has 1 fully saturated rings. The van der Waals surface area contributed by atoms with Crippen LogP contribution in [0.1, 0.15) is 71.6 Å². The molecule has 2 rings (SSSR count). The van der Waals surface area contributed by atoms with Crippen LogP contribution in [-0.4, -0.2) is 75.6 Å². The van der Waals surface area contributed by atoms with Crippen molar-refractivity contribution in [1.82, 2.24) is 0 Å². The van der Waals surface area contributed by atoms with Crippen molar-refractivity contribution in [2.24, 2.45) is 0 Å². The molecule has 1 saturated heterocycles. The van der Waals surface area contributed by atoms with Gasteiger partial charge in [0.2, 0.25) is 6.29 Å². The second-order valence-corrected chi connectivity index (χ2v) is 7.29. The Morgan fingerprint density at radius 3 is 2.16 bits per heavy atom. The molecule has 178 valence electrons. The molecule has 1 aliphatic heterocycles. The Morgan fingerprint density at radius 1 is 0.938 bits per heavy atom. The van der Waals surface area contributed by atoms with Gasteiger partial charge in [-0.1, -0.05) is 51.1 Å². The van der Waals surface area contributed by atoms with Crippen molar-refractivity contribution >= 4 is 17.9 Å². The third kappa shape index (κ3) is 6.73. The van der Waals surface area contributed by atoms with E-state index in [9.17, 15) is 29.7 Å². The van der Waals surface area contributed by atoms with E-state index in [2.05, 4.69) is 6.92 Å². The fourth-order valence-electron chi connectivity index (χ4n) is 3.05. The maximum atomic E-state index is 12.9. The van der Waals surface area contributed by atoms with E-state index >= 15 is 0 Å². The number of aliphatic hydroxyl groups excluding tert-OH is 3. The molecule has 1 aromatic carbocycles. The minimum atomic E-state index is -2.14. The number of ether oxygens (including phenoxy) is 3. The number of carbonyl (C=O) groups is 3. The molecule has 0 amide bonds. The first-order chi connectivity index (χ1) is 16.9. The number of esters is 2. The number of aliphatic hydroxyl groups is 3. The van der Waals surface area contributed by atoms with Gasteiger partial charge in [0.15, 0.2) is 6.10 Å². The highest BCUT2D eigenvalue weighted by Gasteiger charge is 2.48. The highest BCUT2D eigenvalue weighted by atomic mass is 16.7. The number of benzene rings is 1.